The van der Waals surface area contributed by atoms with E-state index in [1.807, 2.05) is 38.1 Å². The largest absolute Gasteiger partial charge is 0.368 e. The molecule has 0 bridgehead atoms. The van der Waals surface area contributed by atoms with Crippen LogP contribution in [0, 0.1) is 5.92 Å². The predicted octanol–water partition coefficient (Wildman–Crippen LogP) is 2.08. The minimum atomic E-state index is -0.311. The van der Waals surface area contributed by atoms with Gasteiger partial charge in [0.05, 0.1) is 0 Å². The van der Waals surface area contributed by atoms with Gasteiger partial charge in [-0.25, -0.2) is 0 Å². The summed E-state index contributed by atoms with van der Waals surface area (Å²) in [6, 6.07) is 7.49. The summed E-state index contributed by atoms with van der Waals surface area (Å²) in [6.45, 7) is 4.79. The van der Waals surface area contributed by atoms with Gasteiger partial charge in [-0.3, -0.25) is 9.59 Å². The molecule has 2 N–H and O–H groups in total. The Hall–Kier alpha value is -1.88. The number of amides is 2. The van der Waals surface area contributed by atoms with Crippen molar-refractivity contribution in [3.8, 4) is 0 Å². The Kier molecular flexibility index (Phi) is 5.33. The first-order valence-corrected chi connectivity index (χ1v) is 7.35. The van der Waals surface area contributed by atoms with Crippen molar-refractivity contribution in [2.24, 2.45) is 5.92 Å². The molecule has 1 aliphatic heterocycles. The second-order valence-corrected chi connectivity index (χ2v) is 5.56. The zero-order valence-electron chi connectivity index (χ0n) is 12.5. The lowest BCUT2D eigenvalue weighted by Crippen LogP contribution is -2.33. The van der Waals surface area contributed by atoms with Crippen molar-refractivity contribution in [3.05, 3.63) is 29.8 Å². The van der Waals surface area contributed by atoms with E-state index >= 15 is 0 Å². The molecule has 2 amide bonds. The molecular formula is C16H22N2O3. The molecule has 5 nitrogen and oxygen atoms in total. The van der Waals surface area contributed by atoms with Gasteiger partial charge in [0, 0.05) is 24.8 Å². The van der Waals surface area contributed by atoms with E-state index in [9.17, 15) is 9.59 Å². The minimum absolute atomic E-state index is 0.0180. The van der Waals surface area contributed by atoms with Crippen LogP contribution in [0.1, 0.15) is 32.3 Å². The van der Waals surface area contributed by atoms with Gasteiger partial charge in [-0.15, -0.1) is 0 Å². The van der Waals surface area contributed by atoms with E-state index in [0.29, 0.717) is 13.2 Å². The fraction of sp³-hybridized carbons (Fsp3) is 0.500. The van der Waals surface area contributed by atoms with Crippen molar-refractivity contribution >= 4 is 17.5 Å². The highest BCUT2D eigenvalue weighted by molar-refractivity contribution is 5.92. The van der Waals surface area contributed by atoms with E-state index in [1.54, 1.807) is 0 Å². The van der Waals surface area contributed by atoms with Gasteiger partial charge >= 0.3 is 0 Å². The number of nitrogens with one attached hydrogen (secondary N) is 2. The molecule has 0 aromatic heterocycles. The molecule has 1 unspecified atom stereocenters. The van der Waals surface area contributed by atoms with E-state index < -0.39 is 0 Å². The van der Waals surface area contributed by atoms with Gasteiger partial charge in [-0.05, 0) is 30.5 Å². The molecule has 1 fully saturated rings. The first kappa shape index (κ1) is 15.5. The average molecular weight is 290 g/mol. The smallest absolute Gasteiger partial charge is 0.249 e. The molecule has 0 saturated carbocycles. The fourth-order valence-corrected chi connectivity index (χ4v) is 2.13. The number of hydrogen-bond donors (Lipinski definition) is 2. The Balaban J connectivity index is 1.88. The number of benzene rings is 1. The second-order valence-electron chi connectivity index (χ2n) is 5.56. The van der Waals surface area contributed by atoms with Gasteiger partial charge in [-0.1, -0.05) is 26.0 Å². The van der Waals surface area contributed by atoms with Gasteiger partial charge in [-0.2, -0.15) is 0 Å². The number of rotatable bonds is 5. The molecule has 1 aromatic carbocycles. The molecule has 1 atom stereocenters. The number of carbonyl (C=O) groups excluding carboxylic acids is 2. The Morgan fingerprint density at radius 1 is 1.38 bits per heavy atom. The summed E-state index contributed by atoms with van der Waals surface area (Å²) in [5.41, 5.74) is 1.69. The first-order valence-electron chi connectivity index (χ1n) is 7.35. The summed E-state index contributed by atoms with van der Waals surface area (Å²) in [5.74, 6) is -0.146. The molecule has 114 valence electrons. The van der Waals surface area contributed by atoms with Gasteiger partial charge < -0.3 is 15.4 Å². The van der Waals surface area contributed by atoms with E-state index in [0.717, 1.165) is 24.1 Å². The number of anilines is 1. The maximum atomic E-state index is 11.9. The van der Waals surface area contributed by atoms with Crippen molar-refractivity contribution in [2.75, 3.05) is 11.9 Å². The van der Waals surface area contributed by atoms with Crippen LogP contribution in [0.15, 0.2) is 24.3 Å². The number of ether oxygens (including phenoxy) is 1. The third kappa shape index (κ3) is 4.56. The van der Waals surface area contributed by atoms with Crippen molar-refractivity contribution in [2.45, 2.75) is 39.3 Å². The molecule has 1 heterocycles. The van der Waals surface area contributed by atoms with Crippen LogP contribution in [0.3, 0.4) is 0 Å². The molecule has 1 saturated heterocycles. The van der Waals surface area contributed by atoms with Crippen LogP contribution < -0.4 is 10.6 Å². The SMILES string of the molecule is CC(C)C(=O)Nc1cccc(CNC(=O)C2CCCO2)c1. The highest BCUT2D eigenvalue weighted by atomic mass is 16.5. The maximum absolute atomic E-state index is 11.9. The Bertz CT molecular complexity index is 508. The van der Waals surface area contributed by atoms with Crippen LogP contribution in [0.2, 0.25) is 0 Å². The van der Waals surface area contributed by atoms with E-state index in [-0.39, 0.29) is 23.8 Å². The van der Waals surface area contributed by atoms with Gasteiger partial charge in [0.2, 0.25) is 11.8 Å². The lowest BCUT2D eigenvalue weighted by molar-refractivity contribution is -0.130. The Morgan fingerprint density at radius 3 is 2.86 bits per heavy atom. The molecule has 1 aliphatic rings. The van der Waals surface area contributed by atoms with Crippen molar-refractivity contribution in [1.29, 1.82) is 0 Å². The highest BCUT2D eigenvalue weighted by Gasteiger charge is 2.22. The summed E-state index contributed by atoms with van der Waals surface area (Å²) >= 11 is 0. The van der Waals surface area contributed by atoms with Crippen LogP contribution in [-0.4, -0.2) is 24.5 Å². The molecule has 0 radical (unpaired) electrons. The van der Waals surface area contributed by atoms with Gasteiger partial charge in [0.15, 0.2) is 0 Å². The molecule has 21 heavy (non-hydrogen) atoms. The van der Waals surface area contributed by atoms with Crippen LogP contribution in [0.5, 0.6) is 0 Å². The average Bonchev–Trinajstić information content (AvgIpc) is 2.99. The zero-order valence-corrected chi connectivity index (χ0v) is 12.5. The summed E-state index contributed by atoms with van der Waals surface area (Å²) < 4.78 is 5.34. The Labute approximate surface area is 125 Å². The predicted molar refractivity (Wildman–Crippen MR) is 80.7 cm³/mol. The van der Waals surface area contributed by atoms with Crippen LogP contribution >= 0.6 is 0 Å². The van der Waals surface area contributed by atoms with Crippen LogP contribution in [-0.2, 0) is 20.9 Å². The summed E-state index contributed by atoms with van der Waals surface area (Å²) in [4.78, 5) is 23.5. The maximum Gasteiger partial charge on any atom is 0.249 e. The normalized spacial score (nSPS) is 17.8. The third-order valence-electron chi connectivity index (χ3n) is 3.41. The Morgan fingerprint density at radius 2 is 2.19 bits per heavy atom. The van der Waals surface area contributed by atoms with Crippen molar-refractivity contribution < 1.29 is 14.3 Å². The van der Waals surface area contributed by atoms with Crippen molar-refractivity contribution in [3.63, 3.8) is 0 Å². The molecule has 1 aromatic rings. The zero-order chi connectivity index (χ0) is 15.2. The minimum Gasteiger partial charge on any atom is -0.368 e. The van der Waals surface area contributed by atoms with Gasteiger partial charge in [0.1, 0.15) is 6.10 Å². The molecular weight excluding hydrogens is 268 g/mol. The summed E-state index contributed by atoms with van der Waals surface area (Å²) in [7, 11) is 0. The lowest BCUT2D eigenvalue weighted by atomic mass is 10.1. The third-order valence-corrected chi connectivity index (χ3v) is 3.41. The fourth-order valence-electron chi connectivity index (χ4n) is 2.13. The summed E-state index contributed by atoms with van der Waals surface area (Å²) in [5, 5.41) is 5.72. The van der Waals surface area contributed by atoms with Gasteiger partial charge in [0.25, 0.3) is 0 Å². The van der Waals surface area contributed by atoms with Crippen molar-refractivity contribution in [1.82, 2.24) is 5.32 Å². The van der Waals surface area contributed by atoms with E-state index in [2.05, 4.69) is 10.6 Å². The number of hydrogen-bond acceptors (Lipinski definition) is 3. The summed E-state index contributed by atoms with van der Waals surface area (Å²) in [6.07, 6.45) is 1.42. The molecule has 0 spiro atoms. The lowest BCUT2D eigenvalue weighted by Gasteiger charge is -2.12. The van der Waals surface area contributed by atoms with Crippen LogP contribution in [0.4, 0.5) is 5.69 Å². The molecule has 2 rings (SSSR count). The standard InChI is InChI=1S/C16H22N2O3/c1-11(2)15(19)18-13-6-3-5-12(9-13)10-17-16(20)14-7-4-8-21-14/h3,5-6,9,11,14H,4,7-8,10H2,1-2H3,(H,17,20)(H,18,19). The quantitative estimate of drug-likeness (QED) is 0.872. The highest BCUT2D eigenvalue weighted by Crippen LogP contribution is 2.14. The van der Waals surface area contributed by atoms with E-state index in [4.69, 9.17) is 4.74 Å². The van der Waals surface area contributed by atoms with Crippen LogP contribution in [0.25, 0.3) is 0 Å². The van der Waals surface area contributed by atoms with E-state index in [1.165, 1.54) is 0 Å². The molecule has 5 heteroatoms. The molecule has 0 aliphatic carbocycles. The number of carbonyl (C=O) groups is 2. The topological polar surface area (TPSA) is 67.4 Å². The second kappa shape index (κ2) is 7.22. The first-order chi connectivity index (χ1) is 10.1. The monoisotopic (exact) mass is 290 g/mol.